The van der Waals surface area contributed by atoms with E-state index in [1.54, 1.807) is 0 Å². The van der Waals surface area contributed by atoms with E-state index in [-0.39, 0.29) is 0 Å². The van der Waals surface area contributed by atoms with Crippen LogP contribution in [0, 0.1) is 0 Å². The number of hydrogen-bond donors (Lipinski definition) is 1. The Labute approximate surface area is 104 Å². The summed E-state index contributed by atoms with van der Waals surface area (Å²) in [6.45, 7) is 2.57. The first-order chi connectivity index (χ1) is 8.67. The fraction of sp³-hybridized carbons (Fsp3) is 0.250. The van der Waals surface area contributed by atoms with Crippen LogP contribution in [0.2, 0.25) is 0 Å². The number of para-hydroxylation sites is 2. The van der Waals surface area contributed by atoms with Crippen LogP contribution in [-0.4, -0.2) is 28.5 Å². The lowest BCUT2D eigenvalue weighted by molar-refractivity contribution is -0.150. The number of benzene rings is 1. The molecule has 0 fully saturated rings. The number of nitrogens with zero attached hydrogens (tertiary/aromatic N) is 2. The monoisotopic (exact) mass is 247 g/mol. The normalized spacial score (nSPS) is 10.3. The number of anilines is 1. The molecule has 6 heteroatoms. The largest absolute Gasteiger partial charge is 0.462 e. The van der Waals surface area contributed by atoms with Gasteiger partial charge in [-0.2, -0.15) is 0 Å². The lowest BCUT2D eigenvalue weighted by atomic mass is 10.3. The van der Waals surface area contributed by atoms with Crippen molar-refractivity contribution in [1.29, 1.82) is 0 Å². The smallest absolute Gasteiger partial charge is 0.396 e. The van der Waals surface area contributed by atoms with Crippen molar-refractivity contribution < 1.29 is 14.3 Å². The van der Waals surface area contributed by atoms with Gasteiger partial charge in [-0.1, -0.05) is 12.1 Å². The summed E-state index contributed by atoms with van der Waals surface area (Å²) in [7, 11) is 1.16. The molecule has 0 atom stereocenters. The van der Waals surface area contributed by atoms with E-state index in [1.165, 1.54) is 0 Å². The van der Waals surface area contributed by atoms with Gasteiger partial charge in [-0.15, -0.1) is 0 Å². The van der Waals surface area contributed by atoms with Gasteiger partial charge in [0.2, 0.25) is 5.95 Å². The second-order valence-corrected chi connectivity index (χ2v) is 3.61. The van der Waals surface area contributed by atoms with Gasteiger partial charge >= 0.3 is 11.9 Å². The van der Waals surface area contributed by atoms with Crippen molar-refractivity contribution in [1.82, 2.24) is 9.55 Å². The van der Waals surface area contributed by atoms with Crippen LogP contribution in [0.1, 0.15) is 6.92 Å². The van der Waals surface area contributed by atoms with Gasteiger partial charge in [-0.05, 0) is 19.1 Å². The summed E-state index contributed by atoms with van der Waals surface area (Å²) >= 11 is 0. The molecule has 1 heterocycles. The van der Waals surface area contributed by atoms with Gasteiger partial charge in [-0.25, -0.2) is 9.78 Å². The highest BCUT2D eigenvalue weighted by Gasteiger charge is 2.17. The zero-order valence-corrected chi connectivity index (χ0v) is 10.1. The molecule has 0 aliphatic rings. The molecule has 1 aromatic heterocycles. The summed E-state index contributed by atoms with van der Waals surface area (Å²) in [5, 5.41) is 2.44. The molecule has 1 N–H and O–H groups in total. The van der Waals surface area contributed by atoms with Crippen molar-refractivity contribution in [3.8, 4) is 0 Å². The highest BCUT2D eigenvalue weighted by atomic mass is 16.5. The number of hydrogen-bond acceptors (Lipinski definition) is 4. The molecule has 1 amide bonds. The highest BCUT2D eigenvalue weighted by molar-refractivity contribution is 6.37. The van der Waals surface area contributed by atoms with Gasteiger partial charge in [0.15, 0.2) is 0 Å². The molecular weight excluding hydrogens is 234 g/mol. The van der Waals surface area contributed by atoms with E-state index in [1.807, 2.05) is 35.8 Å². The molecule has 2 rings (SSSR count). The standard InChI is InChI=1S/C12H13N3O3/c1-3-15-9-7-5-4-6-8(9)13-12(15)14-10(16)11(17)18-2/h4-7H,3H2,1-2H3,(H,13,14,16). The average molecular weight is 247 g/mol. The molecule has 6 nitrogen and oxygen atoms in total. The minimum Gasteiger partial charge on any atom is -0.462 e. The number of esters is 1. The zero-order valence-electron chi connectivity index (χ0n) is 10.1. The first kappa shape index (κ1) is 12.1. The molecule has 18 heavy (non-hydrogen) atoms. The number of ether oxygens (including phenoxy) is 1. The Morgan fingerprint density at radius 2 is 2.11 bits per heavy atom. The van der Waals surface area contributed by atoms with Crippen molar-refractivity contribution >= 4 is 28.9 Å². The van der Waals surface area contributed by atoms with Gasteiger partial charge < -0.3 is 9.30 Å². The average Bonchev–Trinajstić information content (AvgIpc) is 2.74. The van der Waals surface area contributed by atoms with E-state index in [2.05, 4.69) is 15.0 Å². The summed E-state index contributed by atoms with van der Waals surface area (Å²) in [6, 6.07) is 7.50. The summed E-state index contributed by atoms with van der Waals surface area (Å²) in [4.78, 5) is 26.8. The van der Waals surface area contributed by atoms with Crippen LogP contribution in [0.5, 0.6) is 0 Å². The molecule has 0 saturated heterocycles. The molecule has 2 aromatic rings. The predicted molar refractivity (Wildman–Crippen MR) is 66.1 cm³/mol. The van der Waals surface area contributed by atoms with Crippen molar-refractivity contribution in [2.45, 2.75) is 13.5 Å². The third-order valence-electron chi connectivity index (χ3n) is 2.57. The van der Waals surface area contributed by atoms with Crippen LogP contribution >= 0.6 is 0 Å². The van der Waals surface area contributed by atoms with Gasteiger partial charge in [-0.3, -0.25) is 10.1 Å². The van der Waals surface area contributed by atoms with Crippen LogP contribution < -0.4 is 5.32 Å². The molecule has 0 aliphatic carbocycles. The summed E-state index contributed by atoms with van der Waals surface area (Å²) in [5.74, 6) is -1.43. The molecule has 94 valence electrons. The number of rotatable bonds is 2. The Balaban J connectivity index is 2.39. The van der Waals surface area contributed by atoms with Crippen molar-refractivity contribution in [2.75, 3.05) is 12.4 Å². The van der Waals surface area contributed by atoms with Gasteiger partial charge in [0.25, 0.3) is 0 Å². The van der Waals surface area contributed by atoms with Crippen LogP contribution in [0.3, 0.4) is 0 Å². The number of methoxy groups -OCH3 is 1. The second-order valence-electron chi connectivity index (χ2n) is 3.61. The SMILES string of the molecule is CCn1c(NC(=O)C(=O)OC)nc2ccccc21. The minimum absolute atomic E-state index is 0.342. The quantitative estimate of drug-likeness (QED) is 0.638. The highest BCUT2D eigenvalue weighted by Crippen LogP contribution is 2.19. The van der Waals surface area contributed by atoms with E-state index in [0.29, 0.717) is 12.5 Å². The Morgan fingerprint density at radius 1 is 1.39 bits per heavy atom. The Hall–Kier alpha value is -2.37. The maximum Gasteiger partial charge on any atom is 0.396 e. The number of amides is 1. The number of aromatic nitrogens is 2. The molecular formula is C12H13N3O3. The first-order valence-corrected chi connectivity index (χ1v) is 5.52. The van der Waals surface area contributed by atoms with Gasteiger partial charge in [0.05, 0.1) is 18.1 Å². The first-order valence-electron chi connectivity index (χ1n) is 5.52. The number of imidazole rings is 1. The number of carbonyl (C=O) groups is 2. The van der Waals surface area contributed by atoms with Crippen molar-refractivity contribution in [2.24, 2.45) is 0 Å². The van der Waals surface area contributed by atoms with Gasteiger partial charge in [0, 0.05) is 6.54 Å². The Kier molecular flexibility index (Phi) is 3.27. The molecule has 0 bridgehead atoms. The third kappa shape index (κ3) is 2.04. The zero-order chi connectivity index (χ0) is 13.1. The number of aryl methyl sites for hydroxylation is 1. The summed E-state index contributed by atoms with van der Waals surface area (Å²) in [6.07, 6.45) is 0. The molecule has 0 radical (unpaired) electrons. The summed E-state index contributed by atoms with van der Waals surface area (Å²) < 4.78 is 6.16. The minimum atomic E-state index is -0.940. The topological polar surface area (TPSA) is 73.2 Å². The maximum atomic E-state index is 11.4. The van der Waals surface area contributed by atoms with E-state index in [4.69, 9.17) is 0 Å². The van der Waals surface area contributed by atoms with E-state index in [9.17, 15) is 9.59 Å². The summed E-state index contributed by atoms with van der Waals surface area (Å²) in [5.41, 5.74) is 1.67. The molecule has 0 spiro atoms. The molecule has 0 unspecified atom stereocenters. The van der Waals surface area contributed by atoms with Crippen LogP contribution in [-0.2, 0) is 20.9 Å². The number of nitrogens with one attached hydrogen (secondary N) is 1. The third-order valence-corrected chi connectivity index (χ3v) is 2.57. The lowest BCUT2D eigenvalue weighted by Gasteiger charge is -2.06. The molecule has 1 aromatic carbocycles. The fourth-order valence-corrected chi connectivity index (χ4v) is 1.74. The predicted octanol–water partition coefficient (Wildman–Crippen LogP) is 1.17. The maximum absolute atomic E-state index is 11.4. The van der Waals surface area contributed by atoms with Crippen molar-refractivity contribution in [3.05, 3.63) is 24.3 Å². The Morgan fingerprint density at radius 3 is 2.78 bits per heavy atom. The Bertz CT molecular complexity index is 604. The fourth-order valence-electron chi connectivity index (χ4n) is 1.74. The van der Waals surface area contributed by atoms with Crippen LogP contribution in [0.25, 0.3) is 11.0 Å². The number of fused-ring (bicyclic) bond motifs is 1. The van der Waals surface area contributed by atoms with E-state index < -0.39 is 11.9 Å². The van der Waals surface area contributed by atoms with E-state index >= 15 is 0 Å². The lowest BCUT2D eigenvalue weighted by Crippen LogP contribution is -2.25. The number of carbonyl (C=O) groups excluding carboxylic acids is 2. The molecule has 0 saturated carbocycles. The van der Waals surface area contributed by atoms with Crippen LogP contribution in [0.15, 0.2) is 24.3 Å². The van der Waals surface area contributed by atoms with Gasteiger partial charge in [0.1, 0.15) is 0 Å². The van der Waals surface area contributed by atoms with E-state index in [0.717, 1.165) is 18.1 Å². The second kappa shape index (κ2) is 4.87. The molecule has 0 aliphatic heterocycles. The van der Waals surface area contributed by atoms with Crippen LogP contribution in [0.4, 0.5) is 5.95 Å². The van der Waals surface area contributed by atoms with Crippen molar-refractivity contribution in [3.63, 3.8) is 0 Å².